The van der Waals surface area contributed by atoms with Gasteiger partial charge in [0.05, 0.1) is 5.69 Å². The van der Waals surface area contributed by atoms with Crippen LogP contribution in [-0.4, -0.2) is 33.3 Å². The zero-order valence-electron chi connectivity index (χ0n) is 12.9. The summed E-state index contributed by atoms with van der Waals surface area (Å²) in [5, 5.41) is 15.5. The lowest BCUT2D eigenvalue weighted by atomic mass is 10.1. The van der Waals surface area contributed by atoms with Crippen LogP contribution in [0.1, 0.15) is 29.4 Å². The first-order chi connectivity index (χ1) is 10.9. The number of nitrogens with one attached hydrogen (secondary N) is 1. The second-order valence-electron chi connectivity index (χ2n) is 5.49. The lowest BCUT2D eigenvalue weighted by Crippen LogP contribution is -2.29. The zero-order chi connectivity index (χ0) is 17.0. The number of nitrogens with zero attached hydrogens (tertiary/aromatic N) is 2. The van der Waals surface area contributed by atoms with Gasteiger partial charge in [-0.25, -0.2) is 9.07 Å². The lowest BCUT2D eigenvalue weighted by Gasteiger charge is -2.09. The van der Waals surface area contributed by atoms with Gasteiger partial charge in [0.2, 0.25) is 0 Å². The van der Waals surface area contributed by atoms with E-state index >= 15 is 0 Å². The number of benzene rings is 1. The molecule has 1 amide bonds. The fourth-order valence-electron chi connectivity index (χ4n) is 2.18. The minimum absolute atomic E-state index is 0.0104. The van der Waals surface area contributed by atoms with Crippen LogP contribution in [-0.2, 0) is 4.79 Å². The van der Waals surface area contributed by atoms with Gasteiger partial charge in [0, 0.05) is 19.2 Å². The molecule has 0 bridgehead atoms. The van der Waals surface area contributed by atoms with Crippen molar-refractivity contribution in [3.05, 3.63) is 47.5 Å². The van der Waals surface area contributed by atoms with E-state index in [0.717, 1.165) is 0 Å². The molecule has 0 radical (unpaired) electrons. The molecule has 2 aromatic rings. The first-order valence-electron chi connectivity index (χ1n) is 7.19. The summed E-state index contributed by atoms with van der Waals surface area (Å²) in [6.07, 6.45) is 1.61. The van der Waals surface area contributed by atoms with Gasteiger partial charge in [-0.05, 0) is 42.7 Å². The third kappa shape index (κ3) is 4.38. The number of hydrogen-bond donors (Lipinski definition) is 2. The molecule has 0 saturated heterocycles. The number of rotatable bonds is 6. The predicted molar refractivity (Wildman–Crippen MR) is 82.0 cm³/mol. The Bertz CT molecular complexity index is 727. The van der Waals surface area contributed by atoms with Crippen molar-refractivity contribution >= 4 is 11.9 Å². The first kappa shape index (κ1) is 16.7. The quantitative estimate of drug-likeness (QED) is 0.854. The molecule has 1 atom stereocenters. The Morgan fingerprint density at radius 2 is 2.13 bits per heavy atom. The van der Waals surface area contributed by atoms with E-state index in [1.54, 1.807) is 32.2 Å². The van der Waals surface area contributed by atoms with Crippen molar-refractivity contribution in [2.75, 3.05) is 6.54 Å². The Morgan fingerprint density at radius 1 is 1.39 bits per heavy atom. The maximum absolute atomic E-state index is 13.1. The number of aliphatic carboxylic acids is 1. The van der Waals surface area contributed by atoms with Crippen LogP contribution in [0.3, 0.4) is 0 Å². The van der Waals surface area contributed by atoms with Gasteiger partial charge >= 0.3 is 5.97 Å². The van der Waals surface area contributed by atoms with Crippen molar-refractivity contribution in [1.29, 1.82) is 0 Å². The van der Waals surface area contributed by atoms with E-state index in [9.17, 15) is 14.0 Å². The molecule has 1 unspecified atom stereocenters. The van der Waals surface area contributed by atoms with Crippen molar-refractivity contribution in [3.8, 4) is 5.69 Å². The number of halogens is 1. The fourth-order valence-corrected chi connectivity index (χ4v) is 2.18. The van der Waals surface area contributed by atoms with Crippen molar-refractivity contribution in [2.24, 2.45) is 5.92 Å². The number of carbonyl (C=O) groups is 2. The van der Waals surface area contributed by atoms with Crippen molar-refractivity contribution < 1.29 is 19.1 Å². The zero-order valence-corrected chi connectivity index (χ0v) is 12.9. The number of carboxylic acid groups (broad SMARTS) is 1. The van der Waals surface area contributed by atoms with E-state index < -0.39 is 5.97 Å². The molecule has 7 heteroatoms. The molecule has 2 rings (SSSR count). The van der Waals surface area contributed by atoms with Gasteiger partial charge in [0.1, 0.15) is 5.82 Å². The van der Waals surface area contributed by atoms with E-state index in [1.165, 1.54) is 16.8 Å². The highest BCUT2D eigenvalue weighted by Crippen LogP contribution is 2.15. The molecule has 2 N–H and O–H groups in total. The summed E-state index contributed by atoms with van der Waals surface area (Å²) >= 11 is 0. The van der Waals surface area contributed by atoms with E-state index in [0.29, 0.717) is 11.3 Å². The Kier molecular flexibility index (Phi) is 5.10. The molecule has 0 fully saturated rings. The molecule has 0 aliphatic heterocycles. The minimum Gasteiger partial charge on any atom is -0.481 e. The number of hydrogen-bond acceptors (Lipinski definition) is 3. The van der Waals surface area contributed by atoms with Gasteiger partial charge in [-0.1, -0.05) is 6.92 Å². The van der Waals surface area contributed by atoms with Crippen molar-refractivity contribution in [2.45, 2.75) is 20.3 Å². The highest BCUT2D eigenvalue weighted by molar-refractivity contribution is 5.92. The third-order valence-electron chi connectivity index (χ3n) is 3.36. The number of aryl methyl sites for hydroxylation is 1. The SMILES string of the molecule is Cc1cc(F)ccc1-n1ccc(C(=O)NCC(C)CC(=O)O)n1. The van der Waals surface area contributed by atoms with Gasteiger partial charge < -0.3 is 10.4 Å². The van der Waals surface area contributed by atoms with Gasteiger partial charge in [-0.3, -0.25) is 9.59 Å². The van der Waals surface area contributed by atoms with Gasteiger partial charge in [-0.15, -0.1) is 0 Å². The van der Waals surface area contributed by atoms with Crippen LogP contribution in [0, 0.1) is 18.7 Å². The summed E-state index contributed by atoms with van der Waals surface area (Å²) in [5.41, 5.74) is 1.61. The Labute approximate surface area is 132 Å². The normalized spacial score (nSPS) is 12.0. The van der Waals surface area contributed by atoms with Gasteiger partial charge in [0.25, 0.3) is 5.91 Å². The Hall–Kier alpha value is -2.70. The van der Waals surface area contributed by atoms with Gasteiger partial charge in [-0.2, -0.15) is 5.10 Å². The standard InChI is InChI=1S/C16H18FN3O3/c1-10(7-15(21)22)9-18-16(23)13-5-6-20(19-13)14-4-3-12(17)8-11(14)2/h3-6,8,10H,7,9H2,1-2H3,(H,18,23)(H,21,22). The van der Waals surface area contributed by atoms with Crippen LogP contribution < -0.4 is 5.32 Å². The summed E-state index contributed by atoms with van der Waals surface area (Å²) in [4.78, 5) is 22.6. The molecular formula is C16H18FN3O3. The Balaban J connectivity index is 2.04. The Morgan fingerprint density at radius 3 is 2.78 bits per heavy atom. The molecule has 0 saturated carbocycles. The molecule has 23 heavy (non-hydrogen) atoms. The number of aromatic nitrogens is 2. The van der Waals surface area contributed by atoms with Crippen LogP contribution in [0.4, 0.5) is 4.39 Å². The summed E-state index contributed by atoms with van der Waals surface area (Å²) in [6.45, 7) is 3.76. The van der Waals surface area contributed by atoms with E-state index in [2.05, 4.69) is 10.4 Å². The highest BCUT2D eigenvalue weighted by atomic mass is 19.1. The molecule has 6 nitrogen and oxygen atoms in total. The summed E-state index contributed by atoms with van der Waals surface area (Å²) < 4.78 is 14.6. The molecule has 1 aromatic heterocycles. The van der Waals surface area contributed by atoms with Crippen LogP contribution in [0.2, 0.25) is 0 Å². The molecule has 1 aromatic carbocycles. The number of carboxylic acids is 1. The third-order valence-corrected chi connectivity index (χ3v) is 3.36. The maximum atomic E-state index is 13.1. The van der Waals surface area contributed by atoms with Crippen LogP contribution in [0.25, 0.3) is 5.69 Å². The van der Waals surface area contributed by atoms with Crippen LogP contribution in [0.15, 0.2) is 30.5 Å². The molecule has 0 aliphatic carbocycles. The largest absolute Gasteiger partial charge is 0.481 e. The maximum Gasteiger partial charge on any atom is 0.303 e. The fraction of sp³-hybridized carbons (Fsp3) is 0.312. The monoisotopic (exact) mass is 319 g/mol. The second kappa shape index (κ2) is 7.04. The van der Waals surface area contributed by atoms with Crippen LogP contribution >= 0.6 is 0 Å². The second-order valence-corrected chi connectivity index (χ2v) is 5.49. The summed E-state index contributed by atoms with van der Waals surface area (Å²) in [5.74, 6) is -1.77. The summed E-state index contributed by atoms with van der Waals surface area (Å²) in [6, 6.07) is 5.87. The average Bonchev–Trinajstić information content (AvgIpc) is 2.93. The molecular weight excluding hydrogens is 301 g/mol. The highest BCUT2D eigenvalue weighted by Gasteiger charge is 2.13. The lowest BCUT2D eigenvalue weighted by molar-refractivity contribution is -0.137. The van der Waals surface area contributed by atoms with E-state index in [-0.39, 0.29) is 36.3 Å². The number of carbonyl (C=O) groups excluding carboxylic acids is 1. The molecule has 122 valence electrons. The van der Waals surface area contributed by atoms with Crippen LogP contribution in [0.5, 0.6) is 0 Å². The van der Waals surface area contributed by atoms with E-state index in [1.807, 2.05) is 0 Å². The van der Waals surface area contributed by atoms with Crippen molar-refractivity contribution in [1.82, 2.24) is 15.1 Å². The topological polar surface area (TPSA) is 84.2 Å². The molecule has 0 aliphatic rings. The smallest absolute Gasteiger partial charge is 0.303 e. The van der Waals surface area contributed by atoms with E-state index in [4.69, 9.17) is 5.11 Å². The predicted octanol–water partition coefficient (Wildman–Crippen LogP) is 2.16. The number of amides is 1. The average molecular weight is 319 g/mol. The first-order valence-corrected chi connectivity index (χ1v) is 7.19. The molecule has 0 spiro atoms. The van der Waals surface area contributed by atoms with Gasteiger partial charge in [0.15, 0.2) is 5.69 Å². The molecule has 1 heterocycles. The summed E-state index contributed by atoms with van der Waals surface area (Å²) in [7, 11) is 0. The minimum atomic E-state index is -0.900. The van der Waals surface area contributed by atoms with Crippen molar-refractivity contribution in [3.63, 3.8) is 0 Å².